The second-order valence-electron chi connectivity index (χ2n) is 7.95. The Hall–Kier alpha value is -2.55. The number of nitrogens with zero attached hydrogens (tertiary/aromatic N) is 4. The number of thioether (sulfide) groups is 1. The van der Waals surface area contributed by atoms with E-state index >= 15 is 0 Å². The molecule has 1 N–H and O–H groups in total. The molecule has 4 rings (SSSR count). The van der Waals surface area contributed by atoms with Crippen LogP contribution in [0, 0.1) is 0 Å². The van der Waals surface area contributed by atoms with Gasteiger partial charge in [0.25, 0.3) is 0 Å². The molecule has 1 aromatic carbocycles. The molecule has 2 heterocycles. The van der Waals surface area contributed by atoms with Gasteiger partial charge in [-0.3, -0.25) is 4.98 Å². The van der Waals surface area contributed by atoms with Crippen molar-refractivity contribution in [3.63, 3.8) is 0 Å². The quantitative estimate of drug-likeness (QED) is 0.408. The fourth-order valence-corrected chi connectivity index (χ4v) is 5.04. The van der Waals surface area contributed by atoms with Gasteiger partial charge in [-0.2, -0.15) is 13.2 Å². The van der Waals surface area contributed by atoms with Crippen LogP contribution in [0.1, 0.15) is 55.1 Å². The molecule has 0 radical (unpaired) electrons. The molecular formula is C23H26F3N5S. The van der Waals surface area contributed by atoms with Crippen LogP contribution in [0.15, 0.2) is 53.9 Å². The Morgan fingerprint density at radius 1 is 1.03 bits per heavy atom. The summed E-state index contributed by atoms with van der Waals surface area (Å²) in [5.74, 6) is 1.64. The molecule has 1 aliphatic rings. The van der Waals surface area contributed by atoms with Gasteiger partial charge < -0.3 is 9.88 Å². The van der Waals surface area contributed by atoms with Gasteiger partial charge in [0.05, 0.1) is 12.1 Å². The van der Waals surface area contributed by atoms with Crippen molar-refractivity contribution in [1.29, 1.82) is 0 Å². The van der Waals surface area contributed by atoms with Gasteiger partial charge in [-0.05, 0) is 55.2 Å². The van der Waals surface area contributed by atoms with Crippen LogP contribution in [0.25, 0.3) is 0 Å². The highest BCUT2D eigenvalue weighted by Gasteiger charge is 2.30. The lowest BCUT2D eigenvalue weighted by molar-refractivity contribution is -0.137. The van der Waals surface area contributed by atoms with E-state index in [1.807, 2.05) is 12.1 Å². The minimum absolute atomic E-state index is 0.329. The van der Waals surface area contributed by atoms with E-state index in [1.54, 1.807) is 30.2 Å². The number of aryl methyl sites for hydroxylation is 1. The van der Waals surface area contributed by atoms with Crippen LogP contribution in [-0.4, -0.2) is 25.5 Å². The number of halogens is 3. The van der Waals surface area contributed by atoms with Gasteiger partial charge in [0.1, 0.15) is 0 Å². The van der Waals surface area contributed by atoms with Crippen LogP contribution in [0.4, 0.5) is 18.9 Å². The summed E-state index contributed by atoms with van der Waals surface area (Å²) < 4.78 is 41.3. The maximum atomic E-state index is 13.0. The number of alkyl halides is 3. The average Bonchev–Trinajstić information content (AvgIpc) is 3.21. The number of nitrogens with one attached hydrogen (secondary N) is 1. The molecule has 3 aromatic rings. The van der Waals surface area contributed by atoms with Crippen molar-refractivity contribution in [2.75, 3.05) is 11.1 Å². The Bertz CT molecular complexity index is 1000. The SMILES string of the molecule is FC(F)(F)c1cccc(NCc2nnc(SCCc3ccncc3)n2C2CCCCC2)c1. The molecule has 1 saturated carbocycles. The van der Waals surface area contributed by atoms with Crippen LogP contribution < -0.4 is 5.32 Å². The fourth-order valence-electron chi connectivity index (χ4n) is 4.03. The van der Waals surface area contributed by atoms with E-state index in [0.717, 1.165) is 48.1 Å². The number of pyridine rings is 1. The Labute approximate surface area is 189 Å². The molecule has 0 bridgehead atoms. The molecule has 5 nitrogen and oxygen atoms in total. The van der Waals surface area contributed by atoms with Crippen LogP contribution in [-0.2, 0) is 19.1 Å². The molecule has 0 unspecified atom stereocenters. The third kappa shape index (κ3) is 5.82. The van der Waals surface area contributed by atoms with Crippen LogP contribution in [0.5, 0.6) is 0 Å². The maximum absolute atomic E-state index is 13.0. The Morgan fingerprint density at radius 2 is 1.81 bits per heavy atom. The number of hydrogen-bond donors (Lipinski definition) is 1. The second kappa shape index (κ2) is 10.4. The zero-order valence-corrected chi connectivity index (χ0v) is 18.5. The summed E-state index contributed by atoms with van der Waals surface area (Å²) >= 11 is 1.68. The highest BCUT2D eigenvalue weighted by molar-refractivity contribution is 7.99. The van der Waals surface area contributed by atoms with E-state index in [9.17, 15) is 13.2 Å². The van der Waals surface area contributed by atoms with E-state index in [2.05, 4.69) is 25.1 Å². The van der Waals surface area contributed by atoms with Crippen molar-refractivity contribution in [3.8, 4) is 0 Å². The highest BCUT2D eigenvalue weighted by atomic mass is 32.2. The van der Waals surface area contributed by atoms with Crippen molar-refractivity contribution < 1.29 is 13.2 Å². The van der Waals surface area contributed by atoms with Crippen molar-refractivity contribution in [1.82, 2.24) is 19.7 Å². The number of hydrogen-bond acceptors (Lipinski definition) is 5. The molecule has 1 fully saturated rings. The summed E-state index contributed by atoms with van der Waals surface area (Å²) in [6.45, 7) is 0.329. The summed E-state index contributed by atoms with van der Waals surface area (Å²) in [6.07, 6.45) is 5.86. The predicted octanol–water partition coefficient (Wildman–Crippen LogP) is 6.14. The van der Waals surface area contributed by atoms with E-state index in [0.29, 0.717) is 18.3 Å². The smallest absolute Gasteiger partial charge is 0.378 e. The van der Waals surface area contributed by atoms with E-state index in [1.165, 1.54) is 30.9 Å². The number of benzene rings is 1. The monoisotopic (exact) mass is 461 g/mol. The van der Waals surface area contributed by atoms with Crippen molar-refractivity contribution in [3.05, 3.63) is 65.7 Å². The van der Waals surface area contributed by atoms with Crippen molar-refractivity contribution in [2.45, 2.75) is 62.4 Å². The first-order valence-corrected chi connectivity index (χ1v) is 11.9. The minimum atomic E-state index is -4.36. The lowest BCUT2D eigenvalue weighted by Crippen LogP contribution is -2.18. The third-order valence-electron chi connectivity index (χ3n) is 5.69. The van der Waals surface area contributed by atoms with Crippen LogP contribution in [0.2, 0.25) is 0 Å². The predicted molar refractivity (Wildman–Crippen MR) is 120 cm³/mol. The average molecular weight is 462 g/mol. The van der Waals surface area contributed by atoms with Crippen LogP contribution in [0.3, 0.4) is 0 Å². The van der Waals surface area contributed by atoms with Gasteiger partial charge in [0, 0.05) is 29.9 Å². The lowest BCUT2D eigenvalue weighted by atomic mass is 9.95. The number of aromatic nitrogens is 4. The Kier molecular flexibility index (Phi) is 7.34. The number of rotatable bonds is 8. The first-order valence-electron chi connectivity index (χ1n) is 10.9. The van der Waals surface area contributed by atoms with Gasteiger partial charge in [-0.15, -0.1) is 10.2 Å². The molecular weight excluding hydrogens is 435 g/mol. The van der Waals surface area contributed by atoms with E-state index in [-0.39, 0.29) is 0 Å². The van der Waals surface area contributed by atoms with Gasteiger partial charge in [-0.1, -0.05) is 37.1 Å². The summed E-state index contributed by atoms with van der Waals surface area (Å²) in [7, 11) is 0. The molecule has 1 aliphatic carbocycles. The summed E-state index contributed by atoms with van der Waals surface area (Å²) in [4.78, 5) is 4.05. The molecule has 0 spiro atoms. The third-order valence-corrected chi connectivity index (χ3v) is 6.63. The Balaban J connectivity index is 1.47. The zero-order chi connectivity index (χ0) is 22.4. The highest BCUT2D eigenvalue weighted by Crippen LogP contribution is 2.34. The largest absolute Gasteiger partial charge is 0.416 e. The molecule has 2 aromatic heterocycles. The maximum Gasteiger partial charge on any atom is 0.416 e. The summed E-state index contributed by atoms with van der Waals surface area (Å²) in [5, 5.41) is 12.8. The molecule has 32 heavy (non-hydrogen) atoms. The molecule has 0 atom stereocenters. The van der Waals surface area contributed by atoms with Gasteiger partial charge in [0.2, 0.25) is 0 Å². The van der Waals surface area contributed by atoms with Gasteiger partial charge in [0.15, 0.2) is 11.0 Å². The minimum Gasteiger partial charge on any atom is -0.378 e. The molecule has 170 valence electrons. The summed E-state index contributed by atoms with van der Waals surface area (Å²) in [5.41, 5.74) is 0.983. The first kappa shape index (κ1) is 22.6. The normalized spacial score (nSPS) is 15.1. The lowest BCUT2D eigenvalue weighted by Gasteiger charge is -2.25. The topological polar surface area (TPSA) is 55.6 Å². The van der Waals surface area contributed by atoms with E-state index < -0.39 is 11.7 Å². The molecule has 0 amide bonds. The summed E-state index contributed by atoms with van der Waals surface area (Å²) in [6, 6.07) is 9.62. The standard InChI is InChI=1S/C23H26F3N5S/c24-23(25,26)18-5-4-6-19(15-18)28-16-21-29-30-22(31(21)20-7-2-1-3-8-20)32-14-11-17-9-12-27-13-10-17/h4-6,9-10,12-13,15,20,28H,1-3,7-8,11,14,16H2. The Morgan fingerprint density at radius 3 is 2.56 bits per heavy atom. The molecule has 0 aliphatic heterocycles. The fraction of sp³-hybridized carbons (Fsp3) is 0.435. The second-order valence-corrected chi connectivity index (χ2v) is 9.01. The van der Waals surface area contributed by atoms with E-state index in [4.69, 9.17) is 0 Å². The molecule has 9 heteroatoms. The van der Waals surface area contributed by atoms with Crippen molar-refractivity contribution in [2.24, 2.45) is 0 Å². The number of anilines is 1. The zero-order valence-electron chi connectivity index (χ0n) is 17.7. The van der Waals surface area contributed by atoms with Crippen LogP contribution >= 0.6 is 11.8 Å². The van der Waals surface area contributed by atoms with Gasteiger partial charge >= 0.3 is 6.18 Å². The van der Waals surface area contributed by atoms with Gasteiger partial charge in [-0.25, -0.2) is 0 Å². The van der Waals surface area contributed by atoms with Crippen molar-refractivity contribution >= 4 is 17.4 Å². The molecule has 0 saturated heterocycles. The first-order chi connectivity index (χ1) is 15.5.